The van der Waals surface area contributed by atoms with Crippen molar-refractivity contribution in [2.75, 3.05) is 6.54 Å². The molecule has 28 heavy (non-hydrogen) atoms. The van der Waals surface area contributed by atoms with Crippen molar-refractivity contribution in [3.05, 3.63) is 83.4 Å². The SMILES string of the molecule is O=C(OCc1ccccc1)[C@@H]1CC(=C(F)F)CN1C(=O)OCc1ccccc1. The van der Waals surface area contributed by atoms with Gasteiger partial charge in [-0.15, -0.1) is 0 Å². The first-order chi connectivity index (χ1) is 13.5. The molecule has 1 fully saturated rings. The number of hydrogen-bond acceptors (Lipinski definition) is 4. The number of ether oxygens (including phenoxy) is 2. The Morgan fingerprint density at radius 1 is 0.893 bits per heavy atom. The Bertz CT molecular complexity index is 786. The summed E-state index contributed by atoms with van der Waals surface area (Å²) in [5.74, 6) is -0.739. The summed E-state index contributed by atoms with van der Waals surface area (Å²) < 4.78 is 36.5. The first kappa shape index (κ1) is 19.5. The molecule has 2 aromatic carbocycles. The zero-order valence-electron chi connectivity index (χ0n) is 15.0. The van der Waals surface area contributed by atoms with Gasteiger partial charge >= 0.3 is 12.1 Å². The topological polar surface area (TPSA) is 55.8 Å². The quantitative estimate of drug-likeness (QED) is 0.718. The number of carbonyl (C=O) groups excluding carboxylic acids is 2. The highest BCUT2D eigenvalue weighted by atomic mass is 19.3. The zero-order valence-corrected chi connectivity index (χ0v) is 15.0. The molecule has 3 rings (SSSR count). The van der Waals surface area contributed by atoms with Gasteiger partial charge in [-0.3, -0.25) is 4.90 Å². The minimum Gasteiger partial charge on any atom is -0.459 e. The largest absolute Gasteiger partial charge is 0.459 e. The summed E-state index contributed by atoms with van der Waals surface area (Å²) in [6, 6.07) is 16.8. The molecule has 0 aromatic heterocycles. The van der Waals surface area contributed by atoms with Crippen molar-refractivity contribution in [1.82, 2.24) is 4.90 Å². The number of esters is 1. The van der Waals surface area contributed by atoms with Crippen LogP contribution >= 0.6 is 0 Å². The minimum atomic E-state index is -1.89. The van der Waals surface area contributed by atoms with Crippen molar-refractivity contribution in [2.45, 2.75) is 25.7 Å². The summed E-state index contributed by atoms with van der Waals surface area (Å²) in [5, 5.41) is 0. The third kappa shape index (κ3) is 4.94. The summed E-state index contributed by atoms with van der Waals surface area (Å²) in [5.41, 5.74) is 1.25. The van der Waals surface area contributed by atoms with Crippen molar-refractivity contribution in [1.29, 1.82) is 0 Å². The molecular formula is C21H19F2NO4. The number of amides is 1. The molecule has 1 heterocycles. The molecule has 1 amide bonds. The lowest BCUT2D eigenvalue weighted by Gasteiger charge is -2.22. The number of likely N-dealkylation sites (tertiary alicyclic amines) is 1. The summed E-state index contributed by atoms with van der Waals surface area (Å²) in [7, 11) is 0. The third-order valence-electron chi connectivity index (χ3n) is 4.38. The predicted octanol–water partition coefficient (Wildman–Crippen LogP) is 4.29. The maximum Gasteiger partial charge on any atom is 0.411 e. The van der Waals surface area contributed by atoms with Gasteiger partial charge in [-0.2, -0.15) is 8.78 Å². The van der Waals surface area contributed by atoms with Crippen LogP contribution in [0.15, 0.2) is 72.3 Å². The van der Waals surface area contributed by atoms with Crippen LogP contribution in [0, 0.1) is 0 Å². The van der Waals surface area contributed by atoms with Crippen LogP contribution in [0.2, 0.25) is 0 Å². The second kappa shape index (κ2) is 9.12. The molecule has 1 aliphatic rings. The van der Waals surface area contributed by atoms with Crippen molar-refractivity contribution < 1.29 is 27.8 Å². The van der Waals surface area contributed by atoms with Gasteiger partial charge in [0.15, 0.2) is 0 Å². The molecule has 0 bridgehead atoms. The van der Waals surface area contributed by atoms with Gasteiger partial charge in [-0.05, 0) is 11.1 Å². The number of nitrogens with zero attached hydrogens (tertiary/aromatic N) is 1. The van der Waals surface area contributed by atoms with Gasteiger partial charge in [0.05, 0.1) is 6.54 Å². The standard InChI is InChI=1S/C21H19F2NO4/c22-19(23)17-11-18(20(25)27-13-15-7-3-1-4-8-15)24(12-17)21(26)28-14-16-9-5-2-6-10-16/h1-10,18H,11-14H2/t18-/m0/s1. The van der Waals surface area contributed by atoms with E-state index in [1.807, 2.05) is 12.1 Å². The molecule has 0 aliphatic carbocycles. The van der Waals surface area contributed by atoms with Gasteiger partial charge in [0.25, 0.3) is 6.08 Å². The van der Waals surface area contributed by atoms with Crippen LogP contribution in [-0.2, 0) is 27.5 Å². The second-order valence-corrected chi connectivity index (χ2v) is 6.35. The van der Waals surface area contributed by atoms with E-state index in [1.165, 1.54) is 0 Å². The van der Waals surface area contributed by atoms with E-state index in [1.54, 1.807) is 48.5 Å². The zero-order chi connectivity index (χ0) is 19.9. The van der Waals surface area contributed by atoms with Gasteiger partial charge in [0.1, 0.15) is 19.3 Å². The van der Waals surface area contributed by atoms with Gasteiger partial charge in [-0.25, -0.2) is 9.59 Å². The Morgan fingerprint density at radius 3 is 1.96 bits per heavy atom. The molecule has 2 aromatic rings. The van der Waals surface area contributed by atoms with Crippen LogP contribution in [0.1, 0.15) is 17.5 Å². The third-order valence-corrected chi connectivity index (χ3v) is 4.38. The number of rotatable bonds is 5. The van der Waals surface area contributed by atoms with E-state index in [0.29, 0.717) is 0 Å². The first-order valence-corrected chi connectivity index (χ1v) is 8.75. The second-order valence-electron chi connectivity index (χ2n) is 6.35. The molecule has 0 N–H and O–H groups in total. The monoisotopic (exact) mass is 387 g/mol. The maximum atomic E-state index is 13.1. The summed E-state index contributed by atoms with van der Waals surface area (Å²) >= 11 is 0. The predicted molar refractivity (Wildman–Crippen MR) is 97.2 cm³/mol. The van der Waals surface area contributed by atoms with E-state index >= 15 is 0 Å². The van der Waals surface area contributed by atoms with Gasteiger partial charge < -0.3 is 9.47 Å². The molecule has 7 heteroatoms. The summed E-state index contributed by atoms with van der Waals surface area (Å²) in [4.78, 5) is 25.8. The van der Waals surface area contributed by atoms with Crippen LogP contribution < -0.4 is 0 Å². The fourth-order valence-electron chi connectivity index (χ4n) is 2.89. The number of benzene rings is 2. The van der Waals surface area contributed by atoms with E-state index in [2.05, 4.69) is 0 Å². The molecule has 0 radical (unpaired) electrons. The van der Waals surface area contributed by atoms with Crippen LogP contribution in [0.3, 0.4) is 0 Å². The average Bonchev–Trinajstić information content (AvgIpc) is 3.18. The fraction of sp³-hybridized carbons (Fsp3) is 0.238. The Hall–Kier alpha value is -3.22. The van der Waals surface area contributed by atoms with E-state index in [4.69, 9.17) is 9.47 Å². The molecule has 146 valence electrons. The lowest BCUT2D eigenvalue weighted by molar-refractivity contribution is -0.149. The number of halogens is 2. The lowest BCUT2D eigenvalue weighted by Crippen LogP contribution is -2.41. The first-order valence-electron chi connectivity index (χ1n) is 8.75. The summed E-state index contributed by atoms with van der Waals surface area (Å²) in [6.45, 7) is -0.375. The van der Waals surface area contributed by atoms with E-state index < -0.39 is 24.2 Å². The smallest absolute Gasteiger partial charge is 0.411 e. The Kier molecular flexibility index (Phi) is 6.37. The van der Waals surface area contributed by atoms with Crippen LogP contribution in [0.5, 0.6) is 0 Å². The molecular weight excluding hydrogens is 368 g/mol. The van der Waals surface area contributed by atoms with Crippen LogP contribution in [0.4, 0.5) is 13.6 Å². The van der Waals surface area contributed by atoms with E-state index in [-0.39, 0.29) is 31.8 Å². The molecule has 0 saturated carbocycles. The van der Waals surface area contributed by atoms with Crippen molar-refractivity contribution in [3.8, 4) is 0 Å². The van der Waals surface area contributed by atoms with Crippen LogP contribution in [0.25, 0.3) is 0 Å². The van der Waals surface area contributed by atoms with Gasteiger partial charge in [0.2, 0.25) is 0 Å². The number of hydrogen-bond donors (Lipinski definition) is 0. The Balaban J connectivity index is 1.65. The Morgan fingerprint density at radius 2 is 1.43 bits per heavy atom. The van der Waals surface area contributed by atoms with Gasteiger partial charge in [-0.1, -0.05) is 60.7 Å². The van der Waals surface area contributed by atoms with E-state index in [9.17, 15) is 18.4 Å². The highest BCUT2D eigenvalue weighted by Gasteiger charge is 2.40. The highest BCUT2D eigenvalue weighted by molar-refractivity contribution is 5.83. The molecule has 1 saturated heterocycles. The van der Waals surface area contributed by atoms with Crippen molar-refractivity contribution in [3.63, 3.8) is 0 Å². The normalized spacial score (nSPS) is 16.0. The fourth-order valence-corrected chi connectivity index (χ4v) is 2.89. The van der Waals surface area contributed by atoms with E-state index in [0.717, 1.165) is 16.0 Å². The Labute approximate surface area is 161 Å². The average molecular weight is 387 g/mol. The molecule has 0 unspecified atom stereocenters. The van der Waals surface area contributed by atoms with Crippen molar-refractivity contribution >= 4 is 12.1 Å². The highest BCUT2D eigenvalue weighted by Crippen LogP contribution is 2.28. The van der Waals surface area contributed by atoms with Crippen molar-refractivity contribution in [2.24, 2.45) is 0 Å². The number of carbonyl (C=O) groups is 2. The minimum absolute atomic E-state index is 0.000229. The molecule has 1 atom stereocenters. The molecule has 5 nitrogen and oxygen atoms in total. The van der Waals surface area contributed by atoms with Crippen LogP contribution in [-0.4, -0.2) is 29.5 Å². The lowest BCUT2D eigenvalue weighted by atomic mass is 10.2. The summed E-state index contributed by atoms with van der Waals surface area (Å²) in [6.07, 6.45) is -2.99. The maximum absolute atomic E-state index is 13.1. The van der Waals surface area contributed by atoms with Gasteiger partial charge in [0, 0.05) is 12.0 Å². The molecule has 1 aliphatic heterocycles. The molecule has 0 spiro atoms.